The molecule has 3 aromatic carbocycles. The van der Waals surface area contributed by atoms with E-state index >= 15 is 0 Å². The van der Waals surface area contributed by atoms with Gasteiger partial charge in [-0.05, 0) is 56.1 Å². The number of para-hydroxylation sites is 2. The zero-order valence-electron chi connectivity index (χ0n) is 18.2. The molecule has 0 spiro atoms. The van der Waals surface area contributed by atoms with E-state index in [1.165, 1.54) is 0 Å². The standard InChI is InChI=1S/C26H24N2O3S/c1-27(2)16-23(29)28-20-9-5-7-11-22(20)32-26(17-12-14-18(30-3)15-13-17)25-24(28)19-8-4-6-10-21(19)31-25/h4-15,26H,16H2,1-3H3. The van der Waals surface area contributed by atoms with E-state index in [2.05, 4.69) is 18.2 Å². The molecule has 1 unspecified atom stereocenters. The van der Waals surface area contributed by atoms with Crippen molar-refractivity contribution in [1.29, 1.82) is 0 Å². The van der Waals surface area contributed by atoms with Gasteiger partial charge in [0.25, 0.3) is 0 Å². The second-order valence-corrected chi connectivity index (χ2v) is 9.16. The molecule has 5 rings (SSSR count). The van der Waals surface area contributed by atoms with E-state index in [-0.39, 0.29) is 11.2 Å². The van der Waals surface area contributed by atoms with Crippen LogP contribution in [-0.2, 0) is 4.79 Å². The van der Waals surface area contributed by atoms with Crippen LogP contribution < -0.4 is 9.64 Å². The molecule has 1 atom stereocenters. The molecule has 0 fully saturated rings. The summed E-state index contributed by atoms with van der Waals surface area (Å²) in [5.41, 5.74) is 3.57. The van der Waals surface area contributed by atoms with E-state index in [0.29, 0.717) is 6.54 Å². The highest BCUT2D eigenvalue weighted by molar-refractivity contribution is 8.00. The Morgan fingerprint density at radius 2 is 1.75 bits per heavy atom. The Kier molecular flexibility index (Phi) is 5.41. The molecule has 0 radical (unpaired) electrons. The van der Waals surface area contributed by atoms with Gasteiger partial charge in [0, 0.05) is 10.3 Å². The van der Waals surface area contributed by atoms with Crippen LogP contribution in [-0.4, -0.2) is 38.6 Å². The van der Waals surface area contributed by atoms with Crippen molar-refractivity contribution in [2.75, 3.05) is 32.6 Å². The predicted molar refractivity (Wildman–Crippen MR) is 129 cm³/mol. The van der Waals surface area contributed by atoms with Crippen molar-refractivity contribution in [2.24, 2.45) is 0 Å². The number of amides is 1. The van der Waals surface area contributed by atoms with Gasteiger partial charge in [0.15, 0.2) is 0 Å². The molecule has 32 heavy (non-hydrogen) atoms. The molecule has 2 heterocycles. The van der Waals surface area contributed by atoms with Crippen molar-refractivity contribution < 1.29 is 13.9 Å². The first kappa shape index (κ1) is 20.7. The molecule has 0 saturated heterocycles. The normalized spacial score (nSPS) is 15.4. The lowest BCUT2D eigenvalue weighted by atomic mass is 10.1. The maximum Gasteiger partial charge on any atom is 0.245 e. The van der Waals surface area contributed by atoms with Crippen molar-refractivity contribution in [3.63, 3.8) is 0 Å². The summed E-state index contributed by atoms with van der Waals surface area (Å²) in [4.78, 5) is 18.3. The van der Waals surface area contributed by atoms with Gasteiger partial charge in [-0.15, -0.1) is 11.8 Å². The first-order valence-electron chi connectivity index (χ1n) is 10.5. The van der Waals surface area contributed by atoms with Gasteiger partial charge < -0.3 is 14.1 Å². The largest absolute Gasteiger partial charge is 0.497 e. The quantitative estimate of drug-likeness (QED) is 0.394. The van der Waals surface area contributed by atoms with E-state index in [9.17, 15) is 4.79 Å². The Morgan fingerprint density at radius 1 is 1.03 bits per heavy atom. The molecule has 162 valence electrons. The molecule has 1 aromatic heterocycles. The molecule has 5 nitrogen and oxygen atoms in total. The van der Waals surface area contributed by atoms with E-state index in [0.717, 1.165) is 44.3 Å². The summed E-state index contributed by atoms with van der Waals surface area (Å²) < 4.78 is 11.8. The number of likely N-dealkylation sites (N-methyl/N-ethyl adjacent to an activating group) is 1. The molecular formula is C26H24N2O3S. The predicted octanol–water partition coefficient (Wildman–Crippen LogP) is 5.86. The fourth-order valence-electron chi connectivity index (χ4n) is 4.10. The number of carbonyl (C=O) groups excluding carboxylic acids is 1. The smallest absolute Gasteiger partial charge is 0.245 e. The van der Waals surface area contributed by atoms with Crippen LogP contribution in [0.3, 0.4) is 0 Å². The number of fused-ring (bicyclic) bond motifs is 4. The molecular weight excluding hydrogens is 420 g/mol. The summed E-state index contributed by atoms with van der Waals surface area (Å²) in [6.07, 6.45) is 0. The maximum absolute atomic E-state index is 13.6. The van der Waals surface area contributed by atoms with E-state index in [1.807, 2.05) is 78.5 Å². The minimum Gasteiger partial charge on any atom is -0.497 e. The van der Waals surface area contributed by atoms with Gasteiger partial charge in [-0.25, -0.2) is 0 Å². The number of anilines is 2. The highest BCUT2D eigenvalue weighted by atomic mass is 32.2. The number of furan rings is 1. The number of hydrogen-bond acceptors (Lipinski definition) is 5. The third kappa shape index (κ3) is 3.55. The monoisotopic (exact) mass is 444 g/mol. The van der Waals surface area contributed by atoms with E-state index in [4.69, 9.17) is 9.15 Å². The number of carbonyl (C=O) groups is 1. The van der Waals surface area contributed by atoms with Crippen LogP contribution in [0, 0.1) is 0 Å². The topological polar surface area (TPSA) is 45.9 Å². The van der Waals surface area contributed by atoms with Crippen LogP contribution in [0.25, 0.3) is 11.0 Å². The van der Waals surface area contributed by atoms with Crippen molar-refractivity contribution in [3.8, 4) is 5.75 Å². The van der Waals surface area contributed by atoms with Crippen molar-refractivity contribution in [2.45, 2.75) is 10.1 Å². The lowest BCUT2D eigenvalue weighted by molar-refractivity contribution is -0.118. The lowest BCUT2D eigenvalue weighted by Crippen LogP contribution is -2.35. The van der Waals surface area contributed by atoms with Gasteiger partial charge in [-0.2, -0.15) is 0 Å². The maximum atomic E-state index is 13.6. The number of thioether (sulfide) groups is 1. The van der Waals surface area contributed by atoms with Gasteiger partial charge in [0.2, 0.25) is 5.91 Å². The first-order valence-corrected chi connectivity index (χ1v) is 11.3. The fourth-order valence-corrected chi connectivity index (χ4v) is 5.35. The molecule has 4 aromatic rings. The van der Waals surface area contributed by atoms with Gasteiger partial charge in [-0.1, -0.05) is 36.4 Å². The second-order valence-electron chi connectivity index (χ2n) is 8.02. The number of hydrogen-bond donors (Lipinski definition) is 0. The Hall–Kier alpha value is -3.22. The summed E-state index contributed by atoms with van der Waals surface area (Å²) >= 11 is 1.70. The van der Waals surface area contributed by atoms with Crippen LogP contribution in [0.15, 0.2) is 82.1 Å². The summed E-state index contributed by atoms with van der Waals surface area (Å²) in [7, 11) is 5.48. The number of nitrogens with zero attached hydrogens (tertiary/aromatic N) is 2. The molecule has 1 aliphatic rings. The zero-order valence-corrected chi connectivity index (χ0v) is 19.1. The van der Waals surface area contributed by atoms with Crippen LogP contribution in [0.4, 0.5) is 11.4 Å². The first-order chi connectivity index (χ1) is 15.6. The Bertz CT molecular complexity index is 1280. The molecule has 0 saturated carbocycles. The van der Waals surface area contributed by atoms with Crippen molar-refractivity contribution in [3.05, 3.63) is 84.1 Å². The average Bonchev–Trinajstić information content (AvgIpc) is 3.10. The summed E-state index contributed by atoms with van der Waals surface area (Å²) in [6.45, 7) is 0.297. The third-order valence-electron chi connectivity index (χ3n) is 5.53. The van der Waals surface area contributed by atoms with Gasteiger partial charge in [0.1, 0.15) is 17.1 Å². The molecule has 0 N–H and O–H groups in total. The average molecular weight is 445 g/mol. The molecule has 1 amide bonds. The Balaban J connectivity index is 1.78. The number of ether oxygens (including phenoxy) is 1. The van der Waals surface area contributed by atoms with Gasteiger partial charge in [-0.3, -0.25) is 9.69 Å². The van der Waals surface area contributed by atoms with Gasteiger partial charge >= 0.3 is 0 Å². The number of methoxy groups -OCH3 is 1. The van der Waals surface area contributed by atoms with Crippen LogP contribution in [0.2, 0.25) is 0 Å². The Morgan fingerprint density at radius 3 is 2.50 bits per heavy atom. The molecule has 0 aliphatic carbocycles. The van der Waals surface area contributed by atoms with E-state index in [1.54, 1.807) is 18.9 Å². The van der Waals surface area contributed by atoms with Crippen LogP contribution in [0.1, 0.15) is 16.6 Å². The third-order valence-corrected chi connectivity index (χ3v) is 6.85. The highest BCUT2D eigenvalue weighted by Gasteiger charge is 2.36. The number of rotatable bonds is 4. The minimum absolute atomic E-state index is 0.00577. The highest BCUT2D eigenvalue weighted by Crippen LogP contribution is 2.54. The van der Waals surface area contributed by atoms with Crippen LogP contribution >= 0.6 is 11.8 Å². The van der Waals surface area contributed by atoms with E-state index < -0.39 is 0 Å². The fraction of sp³-hybridized carbons (Fsp3) is 0.192. The summed E-state index contributed by atoms with van der Waals surface area (Å²) in [5, 5.41) is 0.826. The molecule has 1 aliphatic heterocycles. The zero-order chi connectivity index (χ0) is 22.2. The Labute approximate surface area is 191 Å². The minimum atomic E-state index is -0.110. The second kappa shape index (κ2) is 8.37. The SMILES string of the molecule is COc1ccc(C2Sc3ccccc3N(C(=O)CN(C)C)c3c2oc2ccccc32)cc1. The lowest BCUT2D eigenvalue weighted by Gasteiger charge is -2.24. The summed E-state index contributed by atoms with van der Waals surface area (Å²) in [6, 6.07) is 24.0. The van der Waals surface area contributed by atoms with Gasteiger partial charge in [0.05, 0.1) is 30.3 Å². The number of benzene rings is 3. The van der Waals surface area contributed by atoms with Crippen molar-refractivity contribution >= 4 is 40.0 Å². The summed E-state index contributed by atoms with van der Waals surface area (Å²) in [5.74, 6) is 1.59. The molecule has 0 bridgehead atoms. The van der Waals surface area contributed by atoms with Crippen LogP contribution in [0.5, 0.6) is 5.75 Å². The molecule has 6 heteroatoms. The van der Waals surface area contributed by atoms with Crippen molar-refractivity contribution in [1.82, 2.24) is 4.90 Å².